The van der Waals surface area contributed by atoms with Gasteiger partial charge in [0, 0.05) is 18.0 Å². The molecule has 138 valence electrons. The standard InChI is InChI=1S/C22H28N2OS/c1-17-8-10-21(11-9-17)26-18(2)22(25)23-15-19-6-5-7-20(14-19)16-24-12-3-4-13-24/h5-11,14,18H,3-4,12-13,15-16H2,1-2H3,(H,23,25)/t18-/m1/s1. The molecule has 1 fully saturated rings. The first kappa shape index (κ1) is 19.0. The molecule has 0 radical (unpaired) electrons. The van der Waals surface area contributed by atoms with Crippen LogP contribution in [0.5, 0.6) is 0 Å². The Kier molecular flexibility index (Phi) is 6.75. The van der Waals surface area contributed by atoms with Crippen LogP contribution in [0.15, 0.2) is 53.4 Å². The zero-order chi connectivity index (χ0) is 18.4. The first-order valence-electron chi connectivity index (χ1n) is 9.41. The van der Waals surface area contributed by atoms with Crippen molar-refractivity contribution in [3.8, 4) is 0 Å². The Bertz CT molecular complexity index is 723. The lowest BCUT2D eigenvalue weighted by atomic mass is 10.1. The Labute approximate surface area is 161 Å². The Morgan fingerprint density at radius 3 is 2.54 bits per heavy atom. The van der Waals surface area contributed by atoms with Gasteiger partial charge < -0.3 is 5.32 Å². The smallest absolute Gasteiger partial charge is 0.233 e. The summed E-state index contributed by atoms with van der Waals surface area (Å²) in [6.07, 6.45) is 2.62. The van der Waals surface area contributed by atoms with Gasteiger partial charge in [-0.3, -0.25) is 9.69 Å². The Balaban J connectivity index is 1.49. The molecule has 1 atom stereocenters. The lowest BCUT2D eigenvalue weighted by molar-refractivity contribution is -0.120. The van der Waals surface area contributed by atoms with Crippen molar-refractivity contribution >= 4 is 17.7 Å². The zero-order valence-electron chi connectivity index (χ0n) is 15.7. The van der Waals surface area contributed by atoms with Gasteiger partial charge in [-0.1, -0.05) is 42.0 Å². The normalized spacial score (nSPS) is 15.8. The maximum Gasteiger partial charge on any atom is 0.233 e. The maximum absolute atomic E-state index is 12.4. The van der Waals surface area contributed by atoms with E-state index in [9.17, 15) is 4.79 Å². The lowest BCUT2D eigenvalue weighted by Crippen LogP contribution is -2.30. The highest BCUT2D eigenvalue weighted by Crippen LogP contribution is 2.23. The summed E-state index contributed by atoms with van der Waals surface area (Å²) in [6.45, 7) is 8.04. The van der Waals surface area contributed by atoms with E-state index in [-0.39, 0.29) is 11.2 Å². The molecule has 1 amide bonds. The number of rotatable bonds is 7. The SMILES string of the molecule is Cc1ccc(S[C@H](C)C(=O)NCc2cccc(CN3CCCC3)c2)cc1. The molecule has 4 heteroatoms. The number of amides is 1. The van der Waals surface area contributed by atoms with Crippen molar-refractivity contribution in [3.63, 3.8) is 0 Å². The fourth-order valence-electron chi connectivity index (χ4n) is 3.24. The molecule has 3 nitrogen and oxygen atoms in total. The van der Waals surface area contributed by atoms with Gasteiger partial charge in [0.15, 0.2) is 0 Å². The number of hydrogen-bond donors (Lipinski definition) is 1. The zero-order valence-corrected chi connectivity index (χ0v) is 16.5. The first-order valence-corrected chi connectivity index (χ1v) is 10.3. The summed E-state index contributed by atoms with van der Waals surface area (Å²) in [5, 5.41) is 2.97. The summed E-state index contributed by atoms with van der Waals surface area (Å²) in [5.41, 5.74) is 3.74. The van der Waals surface area contributed by atoms with E-state index in [0.29, 0.717) is 6.54 Å². The van der Waals surface area contributed by atoms with E-state index in [2.05, 4.69) is 65.7 Å². The second kappa shape index (κ2) is 9.24. The number of thioether (sulfide) groups is 1. The van der Waals surface area contributed by atoms with Crippen molar-refractivity contribution in [1.82, 2.24) is 10.2 Å². The average Bonchev–Trinajstić information content (AvgIpc) is 3.15. The van der Waals surface area contributed by atoms with Gasteiger partial charge in [-0.15, -0.1) is 11.8 Å². The minimum atomic E-state index is -0.106. The molecule has 1 N–H and O–H groups in total. The van der Waals surface area contributed by atoms with E-state index in [0.717, 1.165) is 11.4 Å². The van der Waals surface area contributed by atoms with Crippen LogP contribution in [0.25, 0.3) is 0 Å². The van der Waals surface area contributed by atoms with Crippen molar-refractivity contribution in [3.05, 3.63) is 65.2 Å². The summed E-state index contributed by atoms with van der Waals surface area (Å²) >= 11 is 1.60. The molecule has 1 aliphatic rings. The molecule has 2 aromatic carbocycles. The molecule has 26 heavy (non-hydrogen) atoms. The highest BCUT2D eigenvalue weighted by molar-refractivity contribution is 8.00. The van der Waals surface area contributed by atoms with Crippen LogP contribution in [0.2, 0.25) is 0 Å². The van der Waals surface area contributed by atoms with Crippen molar-refractivity contribution in [1.29, 1.82) is 0 Å². The van der Waals surface area contributed by atoms with Gasteiger partial charge in [-0.25, -0.2) is 0 Å². The van der Waals surface area contributed by atoms with Gasteiger partial charge in [0.1, 0.15) is 0 Å². The Hall–Kier alpha value is -1.78. The fourth-order valence-corrected chi connectivity index (χ4v) is 4.14. The molecular weight excluding hydrogens is 340 g/mol. The number of hydrogen-bond acceptors (Lipinski definition) is 3. The molecule has 0 aliphatic carbocycles. The molecule has 0 bridgehead atoms. The van der Waals surface area contributed by atoms with Gasteiger partial charge >= 0.3 is 0 Å². The van der Waals surface area contributed by atoms with Crippen molar-refractivity contribution in [2.75, 3.05) is 13.1 Å². The largest absolute Gasteiger partial charge is 0.351 e. The van der Waals surface area contributed by atoms with Crippen LogP contribution < -0.4 is 5.32 Å². The van der Waals surface area contributed by atoms with Crippen LogP contribution in [-0.2, 0) is 17.9 Å². The quantitative estimate of drug-likeness (QED) is 0.736. The fraction of sp³-hybridized carbons (Fsp3) is 0.409. The van der Waals surface area contributed by atoms with E-state index in [1.54, 1.807) is 11.8 Å². The summed E-state index contributed by atoms with van der Waals surface area (Å²) in [6, 6.07) is 16.9. The third-order valence-electron chi connectivity index (χ3n) is 4.77. The van der Waals surface area contributed by atoms with Crippen LogP contribution in [0.3, 0.4) is 0 Å². The van der Waals surface area contributed by atoms with Crippen LogP contribution in [0.4, 0.5) is 0 Å². The molecule has 0 spiro atoms. The lowest BCUT2D eigenvalue weighted by Gasteiger charge is -2.16. The molecule has 0 aromatic heterocycles. The summed E-state index contributed by atoms with van der Waals surface area (Å²) < 4.78 is 0. The monoisotopic (exact) mass is 368 g/mol. The van der Waals surface area contributed by atoms with Crippen LogP contribution in [0, 0.1) is 6.92 Å². The van der Waals surface area contributed by atoms with Crippen LogP contribution in [0.1, 0.15) is 36.5 Å². The minimum Gasteiger partial charge on any atom is -0.351 e. The summed E-state index contributed by atoms with van der Waals surface area (Å²) in [4.78, 5) is 16.0. The number of likely N-dealkylation sites (tertiary alicyclic amines) is 1. The second-order valence-corrected chi connectivity index (χ2v) is 8.51. The molecule has 3 rings (SSSR count). The van der Waals surface area contributed by atoms with Crippen molar-refractivity contribution < 1.29 is 4.79 Å². The molecule has 1 saturated heterocycles. The Morgan fingerprint density at radius 2 is 1.81 bits per heavy atom. The Morgan fingerprint density at radius 1 is 1.12 bits per heavy atom. The molecule has 0 unspecified atom stereocenters. The highest BCUT2D eigenvalue weighted by atomic mass is 32.2. The van der Waals surface area contributed by atoms with E-state index in [1.807, 2.05) is 6.92 Å². The number of carbonyl (C=O) groups is 1. The average molecular weight is 369 g/mol. The van der Waals surface area contributed by atoms with E-state index >= 15 is 0 Å². The number of carbonyl (C=O) groups excluding carboxylic acids is 1. The third-order valence-corrected chi connectivity index (χ3v) is 5.88. The number of aryl methyl sites for hydroxylation is 1. The highest BCUT2D eigenvalue weighted by Gasteiger charge is 2.15. The summed E-state index contributed by atoms with van der Waals surface area (Å²) in [7, 11) is 0. The van der Waals surface area contributed by atoms with E-state index < -0.39 is 0 Å². The first-order chi connectivity index (χ1) is 12.6. The number of benzene rings is 2. The predicted molar refractivity (Wildman–Crippen MR) is 109 cm³/mol. The molecular formula is C22H28N2OS. The number of nitrogens with one attached hydrogen (secondary N) is 1. The van der Waals surface area contributed by atoms with Gasteiger partial charge in [0.2, 0.25) is 5.91 Å². The number of nitrogens with zero attached hydrogens (tertiary/aromatic N) is 1. The van der Waals surface area contributed by atoms with Gasteiger partial charge in [0.25, 0.3) is 0 Å². The van der Waals surface area contributed by atoms with Crippen molar-refractivity contribution in [2.45, 2.75) is 49.9 Å². The van der Waals surface area contributed by atoms with E-state index in [4.69, 9.17) is 0 Å². The van der Waals surface area contributed by atoms with Gasteiger partial charge in [-0.2, -0.15) is 0 Å². The van der Waals surface area contributed by atoms with Crippen molar-refractivity contribution in [2.24, 2.45) is 0 Å². The van der Waals surface area contributed by atoms with Gasteiger partial charge in [0.05, 0.1) is 5.25 Å². The third kappa shape index (κ3) is 5.61. The molecule has 1 heterocycles. The summed E-state index contributed by atoms with van der Waals surface area (Å²) in [5.74, 6) is 0.0838. The predicted octanol–water partition coefficient (Wildman–Crippen LogP) is 4.39. The second-order valence-electron chi connectivity index (χ2n) is 7.09. The van der Waals surface area contributed by atoms with Gasteiger partial charge in [-0.05, 0) is 63.0 Å². The molecule has 1 aliphatic heterocycles. The molecule has 0 saturated carbocycles. The van der Waals surface area contributed by atoms with E-state index in [1.165, 1.54) is 42.6 Å². The minimum absolute atomic E-state index is 0.0838. The van der Waals surface area contributed by atoms with Crippen LogP contribution in [-0.4, -0.2) is 29.1 Å². The topological polar surface area (TPSA) is 32.3 Å². The van der Waals surface area contributed by atoms with Crippen LogP contribution >= 0.6 is 11.8 Å². The maximum atomic E-state index is 12.4. The molecule has 2 aromatic rings.